The summed E-state index contributed by atoms with van der Waals surface area (Å²) >= 11 is 5.66. The molecule has 0 saturated heterocycles. The van der Waals surface area contributed by atoms with Gasteiger partial charge in [0.05, 0.1) is 11.6 Å². The van der Waals surface area contributed by atoms with Gasteiger partial charge in [-0.05, 0) is 50.7 Å². The zero-order chi connectivity index (χ0) is 9.42. The molecule has 0 aliphatic heterocycles. The maximum atomic E-state index is 5.16. The van der Waals surface area contributed by atoms with Crippen molar-refractivity contribution in [1.29, 1.82) is 0 Å². The first-order chi connectivity index (χ1) is 6.24. The number of benzene rings is 1. The van der Waals surface area contributed by atoms with E-state index in [1.807, 2.05) is 12.1 Å². The van der Waals surface area contributed by atoms with Crippen LogP contribution in [0.2, 0.25) is 0 Å². The molecule has 2 rings (SSSR count). The topological polar surface area (TPSA) is 37.9 Å². The first kappa shape index (κ1) is 9.26. The van der Waals surface area contributed by atoms with Crippen molar-refractivity contribution >= 4 is 49.4 Å². The highest BCUT2D eigenvalue weighted by molar-refractivity contribution is 14.1. The van der Waals surface area contributed by atoms with Crippen molar-refractivity contribution in [3.05, 3.63) is 20.3 Å². The Bertz CT molecular complexity index is 455. The van der Waals surface area contributed by atoms with Crippen LogP contribution < -0.4 is 4.74 Å². The fraction of sp³-hybridized carbons (Fsp3) is 0.125. The van der Waals surface area contributed by atoms with E-state index in [1.54, 1.807) is 7.11 Å². The van der Waals surface area contributed by atoms with Crippen LogP contribution in [0.1, 0.15) is 0 Å². The second kappa shape index (κ2) is 3.45. The van der Waals surface area contributed by atoms with E-state index < -0.39 is 0 Å². The SMILES string of the molecule is COc1ccc2c(I)[nH]nc2c1Br. The van der Waals surface area contributed by atoms with Crippen LogP contribution >= 0.6 is 38.5 Å². The number of methoxy groups -OCH3 is 1. The molecular weight excluding hydrogens is 347 g/mol. The van der Waals surface area contributed by atoms with Crippen molar-refractivity contribution in [2.24, 2.45) is 0 Å². The van der Waals surface area contributed by atoms with Gasteiger partial charge in [0, 0.05) is 5.39 Å². The number of fused-ring (bicyclic) bond motifs is 1. The molecule has 1 aromatic carbocycles. The molecular formula is C8H6BrIN2O. The third kappa shape index (κ3) is 1.43. The highest BCUT2D eigenvalue weighted by atomic mass is 127. The largest absolute Gasteiger partial charge is 0.495 e. The minimum absolute atomic E-state index is 0.801. The predicted molar refractivity (Wildman–Crippen MR) is 63.1 cm³/mol. The first-order valence-corrected chi connectivity index (χ1v) is 5.47. The molecule has 1 N–H and O–H groups in total. The molecule has 0 aliphatic carbocycles. The highest BCUT2D eigenvalue weighted by Gasteiger charge is 2.09. The Kier molecular flexibility index (Phi) is 2.46. The lowest BCUT2D eigenvalue weighted by atomic mass is 10.2. The van der Waals surface area contributed by atoms with Crippen LogP contribution in [0.15, 0.2) is 16.6 Å². The van der Waals surface area contributed by atoms with Gasteiger partial charge in [-0.2, -0.15) is 5.10 Å². The molecule has 0 spiro atoms. The Morgan fingerprint density at radius 3 is 3.00 bits per heavy atom. The third-order valence-corrected chi connectivity index (χ3v) is 3.39. The number of aromatic amines is 1. The van der Waals surface area contributed by atoms with Gasteiger partial charge in [-0.15, -0.1) is 0 Å². The smallest absolute Gasteiger partial charge is 0.135 e. The summed E-state index contributed by atoms with van der Waals surface area (Å²) in [7, 11) is 1.64. The Hall–Kier alpha value is -0.300. The fourth-order valence-corrected chi connectivity index (χ4v) is 2.31. The third-order valence-electron chi connectivity index (χ3n) is 1.80. The Morgan fingerprint density at radius 2 is 2.31 bits per heavy atom. The molecule has 0 atom stereocenters. The van der Waals surface area contributed by atoms with Gasteiger partial charge in [-0.3, -0.25) is 5.10 Å². The van der Waals surface area contributed by atoms with E-state index in [1.165, 1.54) is 0 Å². The van der Waals surface area contributed by atoms with E-state index in [4.69, 9.17) is 4.74 Å². The molecule has 0 unspecified atom stereocenters. The molecule has 68 valence electrons. The number of halogens is 2. The minimum Gasteiger partial charge on any atom is -0.495 e. The standard InChI is InChI=1S/C8H6BrIN2O/c1-13-5-3-2-4-7(6(5)9)11-12-8(4)10/h2-3H,1H3,(H,11,12). The summed E-state index contributed by atoms with van der Waals surface area (Å²) in [6.45, 7) is 0. The van der Waals surface area contributed by atoms with Gasteiger partial charge in [-0.1, -0.05) is 0 Å². The zero-order valence-electron chi connectivity index (χ0n) is 6.77. The molecule has 1 heterocycles. The number of rotatable bonds is 1. The predicted octanol–water partition coefficient (Wildman–Crippen LogP) is 2.94. The van der Waals surface area contributed by atoms with E-state index in [9.17, 15) is 0 Å². The fourth-order valence-electron chi connectivity index (χ4n) is 1.16. The molecule has 0 amide bonds. The number of aromatic nitrogens is 2. The van der Waals surface area contributed by atoms with Gasteiger partial charge in [0.25, 0.3) is 0 Å². The van der Waals surface area contributed by atoms with Crippen LogP contribution in [-0.2, 0) is 0 Å². The number of nitrogens with zero attached hydrogens (tertiary/aromatic N) is 1. The Labute approximate surface area is 97.1 Å². The summed E-state index contributed by atoms with van der Waals surface area (Å²) in [5.41, 5.74) is 0.906. The highest BCUT2D eigenvalue weighted by Crippen LogP contribution is 2.33. The van der Waals surface area contributed by atoms with Crippen molar-refractivity contribution < 1.29 is 4.74 Å². The molecule has 0 bridgehead atoms. The molecule has 3 nitrogen and oxygen atoms in total. The Balaban J connectivity index is 2.80. The maximum Gasteiger partial charge on any atom is 0.135 e. The van der Waals surface area contributed by atoms with Gasteiger partial charge in [0.1, 0.15) is 15.0 Å². The molecule has 13 heavy (non-hydrogen) atoms. The number of H-pyrrole nitrogens is 1. The van der Waals surface area contributed by atoms with Crippen molar-refractivity contribution in [3.8, 4) is 5.75 Å². The normalized spacial score (nSPS) is 10.7. The van der Waals surface area contributed by atoms with E-state index >= 15 is 0 Å². The molecule has 0 saturated carbocycles. The number of nitrogens with one attached hydrogen (secondary N) is 1. The minimum atomic E-state index is 0.801. The molecule has 1 aromatic heterocycles. The quantitative estimate of drug-likeness (QED) is 0.801. The van der Waals surface area contributed by atoms with Crippen LogP contribution in [-0.4, -0.2) is 17.3 Å². The van der Waals surface area contributed by atoms with Gasteiger partial charge in [-0.25, -0.2) is 0 Å². The average molecular weight is 353 g/mol. The molecule has 2 aromatic rings. The lowest BCUT2D eigenvalue weighted by Gasteiger charge is -2.01. The van der Waals surface area contributed by atoms with E-state index in [2.05, 4.69) is 48.7 Å². The summed E-state index contributed by atoms with van der Waals surface area (Å²) in [4.78, 5) is 0. The molecule has 0 aliphatic rings. The molecule has 0 fully saturated rings. The van der Waals surface area contributed by atoms with Gasteiger partial charge in [0.15, 0.2) is 0 Å². The van der Waals surface area contributed by atoms with Crippen molar-refractivity contribution in [2.45, 2.75) is 0 Å². The van der Waals surface area contributed by atoms with Crippen molar-refractivity contribution in [3.63, 3.8) is 0 Å². The van der Waals surface area contributed by atoms with E-state index in [0.29, 0.717) is 0 Å². The second-order valence-corrected chi connectivity index (χ2v) is 4.39. The van der Waals surface area contributed by atoms with E-state index in [-0.39, 0.29) is 0 Å². The monoisotopic (exact) mass is 352 g/mol. The van der Waals surface area contributed by atoms with Crippen LogP contribution in [0.3, 0.4) is 0 Å². The van der Waals surface area contributed by atoms with Crippen LogP contribution in [0.5, 0.6) is 5.75 Å². The van der Waals surface area contributed by atoms with Crippen molar-refractivity contribution in [1.82, 2.24) is 10.2 Å². The summed E-state index contributed by atoms with van der Waals surface area (Å²) in [6, 6.07) is 3.91. The van der Waals surface area contributed by atoms with Crippen LogP contribution in [0.25, 0.3) is 10.9 Å². The summed E-state index contributed by atoms with van der Waals surface area (Å²) in [5, 5.41) is 8.19. The van der Waals surface area contributed by atoms with Crippen LogP contribution in [0, 0.1) is 3.70 Å². The zero-order valence-corrected chi connectivity index (χ0v) is 10.5. The average Bonchev–Trinajstić information content (AvgIpc) is 2.50. The second-order valence-electron chi connectivity index (χ2n) is 2.52. The summed E-state index contributed by atoms with van der Waals surface area (Å²) in [5.74, 6) is 0.801. The summed E-state index contributed by atoms with van der Waals surface area (Å²) in [6.07, 6.45) is 0. The maximum absolute atomic E-state index is 5.16. The van der Waals surface area contributed by atoms with Gasteiger partial charge >= 0.3 is 0 Å². The first-order valence-electron chi connectivity index (χ1n) is 3.60. The number of hydrogen-bond donors (Lipinski definition) is 1. The Morgan fingerprint density at radius 1 is 1.54 bits per heavy atom. The molecule has 0 radical (unpaired) electrons. The lowest BCUT2D eigenvalue weighted by molar-refractivity contribution is 0.413. The van der Waals surface area contributed by atoms with Gasteiger partial charge in [0.2, 0.25) is 0 Å². The van der Waals surface area contributed by atoms with E-state index in [0.717, 1.165) is 24.8 Å². The number of ether oxygens (including phenoxy) is 1. The number of hydrogen-bond acceptors (Lipinski definition) is 2. The van der Waals surface area contributed by atoms with Gasteiger partial charge < -0.3 is 4.74 Å². The van der Waals surface area contributed by atoms with Crippen molar-refractivity contribution in [2.75, 3.05) is 7.11 Å². The summed E-state index contributed by atoms with van der Waals surface area (Å²) < 4.78 is 7.09. The van der Waals surface area contributed by atoms with Crippen LogP contribution in [0.4, 0.5) is 0 Å². The molecule has 5 heteroatoms. The lowest BCUT2D eigenvalue weighted by Crippen LogP contribution is -1.84.